The molecule has 0 spiro atoms. The van der Waals surface area contributed by atoms with E-state index < -0.39 is 17.7 Å². The Kier molecular flexibility index (Phi) is 4.08. The zero-order valence-corrected chi connectivity index (χ0v) is 12.9. The molecule has 1 aliphatic heterocycles. The van der Waals surface area contributed by atoms with Crippen molar-refractivity contribution in [1.82, 2.24) is 15.0 Å². The molecule has 0 radical (unpaired) electrons. The van der Waals surface area contributed by atoms with Gasteiger partial charge in [0.25, 0.3) is 0 Å². The summed E-state index contributed by atoms with van der Waals surface area (Å²) in [5.74, 6) is -1.65. The normalized spacial score (nSPS) is 18.0. The van der Waals surface area contributed by atoms with Crippen molar-refractivity contribution < 1.29 is 23.2 Å². The standard InChI is InChI=1S/C15H16F2N4O3/c1-7-10(16)5-9(11(17)12(7)18)13-19-14(24-20-13)8-3-2-4-21(6-8)15(22)23/h5,8H,2-4,6,18H2,1H3,(H,22,23)/t8-/m1/s1. The second kappa shape index (κ2) is 6.06. The third kappa shape index (κ3) is 2.77. The first-order chi connectivity index (χ1) is 11.4. The number of benzene rings is 1. The number of nitrogens with two attached hydrogens (primary N) is 1. The molecule has 2 heterocycles. The molecular weight excluding hydrogens is 322 g/mol. The van der Waals surface area contributed by atoms with E-state index >= 15 is 0 Å². The highest BCUT2D eigenvalue weighted by Crippen LogP contribution is 2.31. The summed E-state index contributed by atoms with van der Waals surface area (Å²) in [5.41, 5.74) is 5.08. The highest BCUT2D eigenvalue weighted by Gasteiger charge is 2.29. The molecule has 0 unspecified atom stereocenters. The van der Waals surface area contributed by atoms with Crippen LogP contribution in [0.5, 0.6) is 0 Å². The largest absolute Gasteiger partial charge is 0.465 e. The molecule has 3 rings (SSSR count). The molecule has 0 bridgehead atoms. The van der Waals surface area contributed by atoms with Crippen LogP contribution in [0.1, 0.15) is 30.2 Å². The number of carbonyl (C=O) groups is 1. The van der Waals surface area contributed by atoms with Crippen molar-refractivity contribution in [3.8, 4) is 11.4 Å². The van der Waals surface area contributed by atoms with Crippen LogP contribution >= 0.6 is 0 Å². The summed E-state index contributed by atoms with van der Waals surface area (Å²) in [6.07, 6.45) is 0.326. The van der Waals surface area contributed by atoms with Crippen LogP contribution in [0.2, 0.25) is 0 Å². The lowest BCUT2D eigenvalue weighted by Gasteiger charge is -2.28. The van der Waals surface area contributed by atoms with E-state index in [1.165, 1.54) is 11.8 Å². The first-order valence-electron chi connectivity index (χ1n) is 7.44. The number of halogens is 2. The van der Waals surface area contributed by atoms with Crippen LogP contribution in [0.3, 0.4) is 0 Å². The Bertz CT molecular complexity index is 793. The Morgan fingerprint density at radius 2 is 2.25 bits per heavy atom. The fraction of sp³-hybridized carbons (Fsp3) is 0.400. The fourth-order valence-corrected chi connectivity index (χ4v) is 2.76. The van der Waals surface area contributed by atoms with Crippen molar-refractivity contribution in [2.75, 3.05) is 18.8 Å². The van der Waals surface area contributed by atoms with Crippen molar-refractivity contribution in [3.05, 3.63) is 29.2 Å². The van der Waals surface area contributed by atoms with E-state index in [2.05, 4.69) is 10.1 Å². The van der Waals surface area contributed by atoms with Gasteiger partial charge in [-0.25, -0.2) is 13.6 Å². The van der Waals surface area contributed by atoms with E-state index in [9.17, 15) is 13.6 Å². The summed E-state index contributed by atoms with van der Waals surface area (Å²) >= 11 is 0. The van der Waals surface area contributed by atoms with E-state index in [1.54, 1.807) is 0 Å². The molecule has 1 fully saturated rings. The molecule has 1 aliphatic rings. The number of piperidine rings is 1. The first kappa shape index (κ1) is 16.2. The van der Waals surface area contributed by atoms with Gasteiger partial charge in [-0.05, 0) is 25.8 Å². The van der Waals surface area contributed by atoms with Crippen LogP contribution in [0.25, 0.3) is 11.4 Å². The molecule has 1 saturated heterocycles. The van der Waals surface area contributed by atoms with Gasteiger partial charge < -0.3 is 20.3 Å². The smallest absolute Gasteiger partial charge is 0.407 e. The molecule has 1 aromatic heterocycles. The number of rotatable bonds is 2. The number of nitrogen functional groups attached to an aromatic ring is 1. The first-order valence-corrected chi connectivity index (χ1v) is 7.44. The summed E-state index contributed by atoms with van der Waals surface area (Å²) in [7, 11) is 0. The number of anilines is 1. The van der Waals surface area contributed by atoms with Gasteiger partial charge in [0, 0.05) is 18.7 Å². The molecule has 1 amide bonds. The predicted molar refractivity (Wildman–Crippen MR) is 80.4 cm³/mol. The molecule has 9 heteroatoms. The number of hydrogen-bond donors (Lipinski definition) is 2. The molecule has 24 heavy (non-hydrogen) atoms. The highest BCUT2D eigenvalue weighted by atomic mass is 19.1. The van der Waals surface area contributed by atoms with Crippen LogP contribution in [0.15, 0.2) is 10.6 Å². The summed E-state index contributed by atoms with van der Waals surface area (Å²) in [6.45, 7) is 2.05. The Labute approximate surface area is 136 Å². The van der Waals surface area contributed by atoms with Gasteiger partial charge in [0.2, 0.25) is 11.7 Å². The Morgan fingerprint density at radius 1 is 1.50 bits per heavy atom. The van der Waals surface area contributed by atoms with E-state index in [1.807, 2.05) is 0 Å². The lowest BCUT2D eigenvalue weighted by Crippen LogP contribution is -2.38. The molecular formula is C15H16F2N4O3. The molecule has 1 aromatic carbocycles. The van der Waals surface area contributed by atoms with Crippen LogP contribution in [-0.2, 0) is 0 Å². The topological polar surface area (TPSA) is 105 Å². The highest BCUT2D eigenvalue weighted by molar-refractivity contribution is 5.66. The van der Waals surface area contributed by atoms with Crippen LogP contribution < -0.4 is 5.73 Å². The van der Waals surface area contributed by atoms with E-state index in [4.69, 9.17) is 15.4 Å². The SMILES string of the molecule is Cc1c(F)cc(-c2noc([C@@H]3CCCN(C(=O)O)C3)n2)c(F)c1N. The van der Waals surface area contributed by atoms with Crippen molar-refractivity contribution >= 4 is 11.8 Å². The Balaban J connectivity index is 1.90. The van der Waals surface area contributed by atoms with Gasteiger partial charge in [0.1, 0.15) is 5.82 Å². The van der Waals surface area contributed by atoms with E-state index in [0.717, 1.165) is 6.07 Å². The van der Waals surface area contributed by atoms with Crippen LogP contribution in [0.4, 0.5) is 19.3 Å². The minimum Gasteiger partial charge on any atom is -0.465 e. The minimum absolute atomic E-state index is 0.0179. The van der Waals surface area contributed by atoms with Crippen LogP contribution in [0, 0.1) is 18.6 Å². The lowest BCUT2D eigenvalue weighted by atomic mass is 9.98. The second-order valence-electron chi connectivity index (χ2n) is 5.78. The van der Waals surface area contributed by atoms with E-state index in [-0.39, 0.29) is 41.0 Å². The number of hydrogen-bond acceptors (Lipinski definition) is 5. The Morgan fingerprint density at radius 3 is 2.96 bits per heavy atom. The van der Waals surface area contributed by atoms with Gasteiger partial charge in [-0.1, -0.05) is 5.16 Å². The van der Waals surface area contributed by atoms with Crippen LogP contribution in [-0.4, -0.2) is 39.3 Å². The number of carboxylic acid groups (broad SMARTS) is 1. The van der Waals surface area contributed by atoms with Gasteiger partial charge >= 0.3 is 6.09 Å². The number of amides is 1. The summed E-state index contributed by atoms with van der Waals surface area (Å²) in [5, 5.41) is 12.8. The van der Waals surface area contributed by atoms with Gasteiger partial charge in [-0.3, -0.25) is 0 Å². The van der Waals surface area contributed by atoms with Crippen molar-refractivity contribution in [3.63, 3.8) is 0 Å². The molecule has 1 atom stereocenters. The second-order valence-corrected chi connectivity index (χ2v) is 5.78. The average molecular weight is 338 g/mol. The molecule has 0 aliphatic carbocycles. The maximum Gasteiger partial charge on any atom is 0.407 e. The average Bonchev–Trinajstić information content (AvgIpc) is 3.06. The predicted octanol–water partition coefficient (Wildman–Crippen LogP) is 2.76. The lowest BCUT2D eigenvalue weighted by molar-refractivity contribution is 0.126. The van der Waals surface area contributed by atoms with Gasteiger partial charge in [0.15, 0.2) is 5.82 Å². The van der Waals surface area contributed by atoms with Gasteiger partial charge in [-0.2, -0.15) is 4.98 Å². The zero-order valence-electron chi connectivity index (χ0n) is 12.9. The van der Waals surface area contributed by atoms with Crippen molar-refractivity contribution in [2.45, 2.75) is 25.7 Å². The number of aromatic nitrogens is 2. The third-order valence-electron chi connectivity index (χ3n) is 4.23. The van der Waals surface area contributed by atoms with Crippen molar-refractivity contribution in [1.29, 1.82) is 0 Å². The summed E-state index contributed by atoms with van der Waals surface area (Å²) in [4.78, 5) is 16.4. The minimum atomic E-state index is -1.01. The van der Waals surface area contributed by atoms with E-state index in [0.29, 0.717) is 19.4 Å². The Hall–Kier alpha value is -2.71. The summed E-state index contributed by atoms with van der Waals surface area (Å²) < 4.78 is 33.2. The number of nitrogens with zero attached hydrogens (tertiary/aromatic N) is 3. The summed E-state index contributed by atoms with van der Waals surface area (Å²) in [6, 6.07) is 0.972. The zero-order chi connectivity index (χ0) is 17.4. The quantitative estimate of drug-likeness (QED) is 0.816. The number of likely N-dealkylation sites (tertiary alicyclic amines) is 1. The third-order valence-corrected chi connectivity index (χ3v) is 4.23. The van der Waals surface area contributed by atoms with Gasteiger partial charge in [-0.15, -0.1) is 0 Å². The maximum absolute atomic E-state index is 14.2. The van der Waals surface area contributed by atoms with Gasteiger partial charge in [0.05, 0.1) is 17.2 Å². The fourth-order valence-electron chi connectivity index (χ4n) is 2.76. The molecule has 2 aromatic rings. The molecule has 0 saturated carbocycles. The molecule has 3 N–H and O–H groups in total. The monoisotopic (exact) mass is 338 g/mol. The molecule has 7 nitrogen and oxygen atoms in total. The maximum atomic E-state index is 14.2. The van der Waals surface area contributed by atoms with Crippen molar-refractivity contribution in [2.24, 2.45) is 0 Å². The molecule has 128 valence electrons.